The largest absolute Gasteiger partial charge is 0.476 e. The van der Waals surface area contributed by atoms with Gasteiger partial charge in [0.25, 0.3) is 5.56 Å². The van der Waals surface area contributed by atoms with Crippen LogP contribution in [0.15, 0.2) is 29.1 Å². The lowest BCUT2D eigenvalue weighted by molar-refractivity contribution is -0.122. The molecule has 1 saturated carbocycles. The molecule has 0 radical (unpaired) electrons. The second-order valence-electron chi connectivity index (χ2n) is 5.71. The van der Waals surface area contributed by atoms with Crippen molar-refractivity contribution in [2.75, 3.05) is 0 Å². The minimum Gasteiger partial charge on any atom is -0.476 e. The second-order valence-corrected chi connectivity index (χ2v) is 5.71. The van der Waals surface area contributed by atoms with E-state index < -0.39 is 11.5 Å². The van der Waals surface area contributed by atoms with Gasteiger partial charge < -0.3 is 10.4 Å². The van der Waals surface area contributed by atoms with E-state index in [1.54, 1.807) is 12.1 Å². The Morgan fingerprint density at radius 1 is 1.22 bits per heavy atom. The summed E-state index contributed by atoms with van der Waals surface area (Å²) in [6.45, 7) is -0.277. The molecule has 1 amide bonds. The molecule has 0 saturated heterocycles. The van der Waals surface area contributed by atoms with E-state index in [9.17, 15) is 19.5 Å². The standard InChI is InChI=1S/C16H17N3O4/c20-13(17-10-5-1-2-6-10)9-19-15(21)12-8-4-3-7-11(12)14(18-19)16(22)23/h3-4,7-8,10H,1-2,5-6,9H2,(H,17,20)(H,22,23). The Kier molecular flexibility index (Phi) is 4.10. The Hall–Kier alpha value is -2.70. The van der Waals surface area contributed by atoms with Gasteiger partial charge >= 0.3 is 5.97 Å². The van der Waals surface area contributed by atoms with Crippen LogP contribution in [0.4, 0.5) is 0 Å². The van der Waals surface area contributed by atoms with Crippen molar-refractivity contribution in [3.05, 3.63) is 40.3 Å². The Balaban J connectivity index is 1.94. The van der Waals surface area contributed by atoms with Gasteiger partial charge in [-0.15, -0.1) is 0 Å². The highest BCUT2D eigenvalue weighted by molar-refractivity contribution is 6.01. The summed E-state index contributed by atoms with van der Waals surface area (Å²) in [5, 5.41) is 16.5. The molecule has 23 heavy (non-hydrogen) atoms. The first kappa shape index (κ1) is 15.2. The Morgan fingerprint density at radius 3 is 2.52 bits per heavy atom. The molecule has 1 fully saturated rings. The molecule has 2 aromatic rings. The molecule has 120 valence electrons. The van der Waals surface area contributed by atoms with E-state index in [1.807, 2.05) is 0 Å². The molecule has 7 heteroatoms. The highest BCUT2D eigenvalue weighted by Gasteiger charge is 2.20. The van der Waals surface area contributed by atoms with Crippen LogP contribution in [0.2, 0.25) is 0 Å². The number of amides is 1. The number of carboxylic acids is 1. The van der Waals surface area contributed by atoms with Gasteiger partial charge in [-0.2, -0.15) is 5.10 Å². The minimum absolute atomic E-state index is 0.137. The summed E-state index contributed by atoms with van der Waals surface area (Å²) in [4.78, 5) is 35.8. The summed E-state index contributed by atoms with van der Waals surface area (Å²) >= 11 is 0. The van der Waals surface area contributed by atoms with Crippen molar-refractivity contribution >= 4 is 22.6 Å². The molecule has 1 heterocycles. The van der Waals surface area contributed by atoms with Crippen LogP contribution in [0.1, 0.15) is 36.2 Å². The number of rotatable bonds is 4. The number of aromatic carboxylic acids is 1. The molecule has 0 bridgehead atoms. The number of carbonyl (C=O) groups excluding carboxylic acids is 1. The van der Waals surface area contributed by atoms with E-state index in [1.165, 1.54) is 12.1 Å². The quantitative estimate of drug-likeness (QED) is 0.881. The first-order valence-corrected chi connectivity index (χ1v) is 7.59. The number of carboxylic acid groups (broad SMARTS) is 1. The molecule has 1 aromatic carbocycles. The number of hydrogen-bond donors (Lipinski definition) is 2. The number of hydrogen-bond acceptors (Lipinski definition) is 4. The molecule has 2 N–H and O–H groups in total. The van der Waals surface area contributed by atoms with E-state index in [0.717, 1.165) is 30.4 Å². The van der Waals surface area contributed by atoms with E-state index >= 15 is 0 Å². The van der Waals surface area contributed by atoms with E-state index in [2.05, 4.69) is 10.4 Å². The van der Waals surface area contributed by atoms with Gasteiger partial charge in [-0.3, -0.25) is 9.59 Å². The topological polar surface area (TPSA) is 101 Å². The SMILES string of the molecule is O=C(Cn1nc(C(=O)O)c2ccccc2c1=O)NC1CCCC1. The van der Waals surface area contributed by atoms with Gasteiger partial charge in [0.05, 0.1) is 5.39 Å². The maximum atomic E-state index is 12.4. The van der Waals surface area contributed by atoms with Crippen LogP contribution in [0.3, 0.4) is 0 Å². The van der Waals surface area contributed by atoms with Gasteiger partial charge in [-0.05, 0) is 18.9 Å². The summed E-state index contributed by atoms with van der Waals surface area (Å²) in [5.74, 6) is -1.55. The summed E-state index contributed by atoms with van der Waals surface area (Å²) in [6, 6.07) is 6.51. The number of carbonyl (C=O) groups is 2. The Morgan fingerprint density at radius 2 is 1.87 bits per heavy atom. The zero-order valence-corrected chi connectivity index (χ0v) is 12.5. The van der Waals surface area contributed by atoms with Crippen molar-refractivity contribution < 1.29 is 14.7 Å². The van der Waals surface area contributed by atoms with Crippen molar-refractivity contribution in [2.24, 2.45) is 0 Å². The molecule has 0 spiro atoms. The van der Waals surface area contributed by atoms with Crippen LogP contribution in [0.25, 0.3) is 10.8 Å². The van der Waals surface area contributed by atoms with Gasteiger partial charge in [0.1, 0.15) is 6.54 Å². The molecular formula is C16H17N3O4. The number of benzene rings is 1. The van der Waals surface area contributed by atoms with Crippen LogP contribution in [0.5, 0.6) is 0 Å². The number of fused-ring (bicyclic) bond motifs is 1. The maximum absolute atomic E-state index is 12.4. The predicted octanol–water partition coefficient (Wildman–Crippen LogP) is 1.15. The molecule has 1 aliphatic rings. The van der Waals surface area contributed by atoms with Crippen LogP contribution < -0.4 is 10.9 Å². The van der Waals surface area contributed by atoms with E-state index in [-0.39, 0.29) is 35.0 Å². The van der Waals surface area contributed by atoms with Crippen LogP contribution in [0, 0.1) is 0 Å². The van der Waals surface area contributed by atoms with Crippen molar-refractivity contribution in [2.45, 2.75) is 38.3 Å². The molecule has 0 unspecified atom stereocenters. The summed E-state index contributed by atoms with van der Waals surface area (Å²) in [5.41, 5.74) is -0.693. The lowest BCUT2D eigenvalue weighted by Gasteiger charge is -2.13. The number of nitrogens with zero attached hydrogens (tertiary/aromatic N) is 2. The van der Waals surface area contributed by atoms with E-state index in [0.29, 0.717) is 0 Å². The van der Waals surface area contributed by atoms with Gasteiger partial charge in [0.2, 0.25) is 5.91 Å². The van der Waals surface area contributed by atoms with Gasteiger partial charge in [-0.1, -0.05) is 31.0 Å². The van der Waals surface area contributed by atoms with Crippen molar-refractivity contribution in [3.8, 4) is 0 Å². The molecule has 0 atom stereocenters. The van der Waals surface area contributed by atoms with Gasteiger partial charge in [0.15, 0.2) is 5.69 Å². The number of nitrogens with one attached hydrogen (secondary N) is 1. The molecule has 3 rings (SSSR count). The van der Waals surface area contributed by atoms with Crippen molar-refractivity contribution in [1.29, 1.82) is 0 Å². The third-order valence-electron chi connectivity index (χ3n) is 4.08. The monoisotopic (exact) mass is 315 g/mol. The smallest absolute Gasteiger partial charge is 0.357 e. The van der Waals surface area contributed by atoms with Gasteiger partial charge in [-0.25, -0.2) is 9.48 Å². The normalized spacial score (nSPS) is 15.0. The molecule has 1 aromatic heterocycles. The average molecular weight is 315 g/mol. The fraction of sp³-hybridized carbons (Fsp3) is 0.375. The molecule has 1 aliphatic carbocycles. The molecular weight excluding hydrogens is 298 g/mol. The highest BCUT2D eigenvalue weighted by Crippen LogP contribution is 2.17. The first-order valence-electron chi connectivity index (χ1n) is 7.59. The maximum Gasteiger partial charge on any atom is 0.357 e. The van der Waals surface area contributed by atoms with Crippen LogP contribution in [-0.4, -0.2) is 32.8 Å². The number of aromatic nitrogens is 2. The van der Waals surface area contributed by atoms with Gasteiger partial charge in [0, 0.05) is 11.4 Å². The fourth-order valence-electron chi connectivity index (χ4n) is 2.98. The third kappa shape index (κ3) is 3.08. The zero-order chi connectivity index (χ0) is 16.4. The summed E-state index contributed by atoms with van der Waals surface area (Å²) < 4.78 is 0.927. The Labute approximate surface area is 131 Å². The first-order chi connectivity index (χ1) is 11.1. The highest BCUT2D eigenvalue weighted by atomic mass is 16.4. The van der Waals surface area contributed by atoms with Crippen LogP contribution >= 0.6 is 0 Å². The fourth-order valence-corrected chi connectivity index (χ4v) is 2.98. The second kappa shape index (κ2) is 6.20. The average Bonchev–Trinajstić information content (AvgIpc) is 3.02. The molecule has 7 nitrogen and oxygen atoms in total. The minimum atomic E-state index is -1.23. The van der Waals surface area contributed by atoms with Crippen molar-refractivity contribution in [3.63, 3.8) is 0 Å². The van der Waals surface area contributed by atoms with Crippen molar-refractivity contribution in [1.82, 2.24) is 15.1 Å². The molecule has 0 aliphatic heterocycles. The lowest BCUT2D eigenvalue weighted by atomic mass is 10.1. The van der Waals surface area contributed by atoms with Crippen LogP contribution in [-0.2, 0) is 11.3 Å². The predicted molar refractivity (Wildman–Crippen MR) is 83.4 cm³/mol. The zero-order valence-electron chi connectivity index (χ0n) is 12.5. The summed E-state index contributed by atoms with van der Waals surface area (Å²) in [7, 11) is 0. The summed E-state index contributed by atoms with van der Waals surface area (Å²) in [6.07, 6.45) is 4.04. The lowest BCUT2D eigenvalue weighted by Crippen LogP contribution is -2.38. The third-order valence-corrected chi connectivity index (χ3v) is 4.08. The Bertz CT molecular complexity index is 822. The van der Waals surface area contributed by atoms with E-state index in [4.69, 9.17) is 0 Å².